The maximum Gasteiger partial charge on any atom is 0.313 e. The first-order chi connectivity index (χ1) is 8.84. The van der Waals surface area contributed by atoms with E-state index in [1.54, 1.807) is 0 Å². The van der Waals surface area contributed by atoms with Crippen molar-refractivity contribution in [2.24, 2.45) is 0 Å². The van der Waals surface area contributed by atoms with Gasteiger partial charge in [0.25, 0.3) is 0 Å². The zero-order chi connectivity index (χ0) is 12.4. The number of benzene rings is 1. The second-order valence-corrected chi connectivity index (χ2v) is 5.20. The molecule has 0 bridgehead atoms. The monoisotopic (exact) mass is 245 g/mol. The van der Waals surface area contributed by atoms with Crippen LogP contribution in [0.2, 0.25) is 0 Å². The molecule has 1 aliphatic carbocycles. The zero-order valence-corrected chi connectivity index (χ0v) is 10.5. The van der Waals surface area contributed by atoms with Crippen molar-refractivity contribution < 1.29 is 9.53 Å². The molecule has 0 amide bonds. The molecule has 3 heteroatoms. The molecule has 1 aliphatic heterocycles. The van der Waals surface area contributed by atoms with Gasteiger partial charge in [0.05, 0.1) is 5.92 Å². The maximum absolute atomic E-state index is 12.3. The highest BCUT2D eigenvalue weighted by atomic mass is 16.5. The quantitative estimate of drug-likeness (QED) is 0.814. The average molecular weight is 245 g/mol. The molecule has 3 nitrogen and oxygen atoms in total. The highest BCUT2D eigenvalue weighted by Crippen LogP contribution is 2.33. The second kappa shape index (κ2) is 5.01. The summed E-state index contributed by atoms with van der Waals surface area (Å²) in [6.45, 7) is 0.849. The van der Waals surface area contributed by atoms with Crippen LogP contribution in [0.1, 0.15) is 43.6 Å². The third-order valence-corrected chi connectivity index (χ3v) is 3.95. The lowest BCUT2D eigenvalue weighted by Crippen LogP contribution is -2.27. The van der Waals surface area contributed by atoms with Gasteiger partial charge in [-0.3, -0.25) is 4.79 Å². The summed E-state index contributed by atoms with van der Waals surface area (Å²) in [5.74, 6) is -0.112. The first kappa shape index (κ1) is 11.6. The number of rotatable bonds is 2. The van der Waals surface area contributed by atoms with Gasteiger partial charge in [-0.1, -0.05) is 18.2 Å². The van der Waals surface area contributed by atoms with Crippen LogP contribution in [-0.4, -0.2) is 18.6 Å². The molecule has 1 atom stereocenters. The van der Waals surface area contributed by atoms with Crippen LogP contribution in [0.4, 0.5) is 5.69 Å². The molecule has 0 aromatic heterocycles. The molecule has 3 rings (SSSR count). The highest BCUT2D eigenvalue weighted by molar-refractivity contribution is 5.81. The Labute approximate surface area is 108 Å². The normalized spacial score (nSPS) is 23.2. The Balaban J connectivity index is 1.74. The third-order valence-electron chi connectivity index (χ3n) is 3.95. The fraction of sp³-hybridized carbons (Fsp3) is 0.533. The minimum absolute atomic E-state index is 0.0316. The van der Waals surface area contributed by atoms with Gasteiger partial charge in [-0.2, -0.15) is 0 Å². The standard InChI is InChI=1S/C15H19NO2/c17-15(18-11-5-1-2-6-11)13-9-10-16-14-8-4-3-7-12(13)14/h3-4,7-8,11,13,16H,1-2,5-6,9-10H2. The molecule has 18 heavy (non-hydrogen) atoms. The van der Waals surface area contributed by atoms with E-state index in [0.29, 0.717) is 0 Å². The lowest BCUT2D eigenvalue weighted by molar-refractivity contribution is -0.150. The molecule has 0 radical (unpaired) electrons. The van der Waals surface area contributed by atoms with Gasteiger partial charge < -0.3 is 10.1 Å². The molecule has 0 spiro atoms. The van der Waals surface area contributed by atoms with Crippen molar-refractivity contribution in [3.05, 3.63) is 29.8 Å². The van der Waals surface area contributed by atoms with E-state index < -0.39 is 0 Å². The van der Waals surface area contributed by atoms with Crippen LogP contribution in [-0.2, 0) is 9.53 Å². The van der Waals surface area contributed by atoms with Gasteiger partial charge in [0.2, 0.25) is 0 Å². The van der Waals surface area contributed by atoms with Gasteiger partial charge in [-0.25, -0.2) is 0 Å². The first-order valence-corrected chi connectivity index (χ1v) is 6.88. The van der Waals surface area contributed by atoms with Gasteiger partial charge >= 0.3 is 5.97 Å². The number of nitrogens with one attached hydrogen (secondary N) is 1. The van der Waals surface area contributed by atoms with E-state index in [0.717, 1.165) is 37.1 Å². The van der Waals surface area contributed by atoms with Gasteiger partial charge in [-0.15, -0.1) is 0 Å². The van der Waals surface area contributed by atoms with Crippen LogP contribution >= 0.6 is 0 Å². The predicted octanol–water partition coefficient (Wildman–Crippen LogP) is 3.07. The number of hydrogen-bond acceptors (Lipinski definition) is 3. The number of esters is 1. The molecular weight excluding hydrogens is 226 g/mol. The van der Waals surface area contributed by atoms with Crippen molar-refractivity contribution in [2.45, 2.75) is 44.1 Å². The Morgan fingerprint density at radius 3 is 2.78 bits per heavy atom. The largest absolute Gasteiger partial charge is 0.462 e. The number of fused-ring (bicyclic) bond motifs is 1. The van der Waals surface area contributed by atoms with Crippen LogP contribution in [0.3, 0.4) is 0 Å². The fourth-order valence-corrected chi connectivity index (χ4v) is 2.97. The number of hydrogen-bond donors (Lipinski definition) is 1. The van der Waals surface area contributed by atoms with Crippen LogP contribution in [0, 0.1) is 0 Å². The van der Waals surface area contributed by atoms with Crippen molar-refractivity contribution in [1.29, 1.82) is 0 Å². The van der Waals surface area contributed by atoms with Crippen LogP contribution in [0.15, 0.2) is 24.3 Å². The van der Waals surface area contributed by atoms with Crippen LogP contribution < -0.4 is 5.32 Å². The Morgan fingerprint density at radius 2 is 1.94 bits per heavy atom. The summed E-state index contributed by atoms with van der Waals surface area (Å²) in [4.78, 5) is 12.3. The number of carbonyl (C=O) groups excluding carboxylic acids is 1. The summed E-state index contributed by atoms with van der Waals surface area (Å²) in [7, 11) is 0. The summed E-state index contributed by atoms with van der Waals surface area (Å²) in [5.41, 5.74) is 2.17. The van der Waals surface area contributed by atoms with E-state index in [4.69, 9.17) is 4.74 Å². The third kappa shape index (κ3) is 2.22. The molecule has 1 N–H and O–H groups in total. The van der Waals surface area contributed by atoms with E-state index in [2.05, 4.69) is 5.32 Å². The number of carbonyl (C=O) groups is 1. The lowest BCUT2D eigenvalue weighted by atomic mass is 9.91. The summed E-state index contributed by atoms with van der Waals surface area (Å²) in [6.07, 6.45) is 5.47. The molecule has 96 valence electrons. The molecule has 1 aromatic rings. The zero-order valence-electron chi connectivity index (χ0n) is 10.5. The van der Waals surface area contributed by atoms with Gasteiger partial charge in [0.1, 0.15) is 6.10 Å². The van der Waals surface area contributed by atoms with Crippen molar-refractivity contribution in [2.75, 3.05) is 11.9 Å². The summed E-state index contributed by atoms with van der Waals surface area (Å²) in [6, 6.07) is 8.05. The number of ether oxygens (including phenoxy) is 1. The molecule has 1 aromatic carbocycles. The minimum Gasteiger partial charge on any atom is -0.462 e. The van der Waals surface area contributed by atoms with Gasteiger partial charge in [0, 0.05) is 12.2 Å². The molecule has 1 fully saturated rings. The SMILES string of the molecule is O=C(OC1CCCC1)C1CCNc2ccccc21. The van der Waals surface area contributed by atoms with E-state index in [9.17, 15) is 4.79 Å². The van der Waals surface area contributed by atoms with Crippen LogP contribution in [0.25, 0.3) is 0 Å². The molecular formula is C15H19NO2. The summed E-state index contributed by atoms with van der Waals surface area (Å²) >= 11 is 0. The Hall–Kier alpha value is -1.51. The minimum atomic E-state index is -0.0805. The van der Waals surface area contributed by atoms with Crippen molar-refractivity contribution >= 4 is 11.7 Å². The fourth-order valence-electron chi connectivity index (χ4n) is 2.97. The molecule has 1 unspecified atom stereocenters. The molecule has 1 heterocycles. The van der Waals surface area contributed by atoms with Gasteiger partial charge in [0.15, 0.2) is 0 Å². The average Bonchev–Trinajstić information content (AvgIpc) is 2.91. The Bertz CT molecular complexity index is 438. The van der Waals surface area contributed by atoms with E-state index in [-0.39, 0.29) is 18.0 Å². The molecule has 1 saturated carbocycles. The number of anilines is 1. The second-order valence-electron chi connectivity index (χ2n) is 5.20. The number of para-hydroxylation sites is 1. The van der Waals surface area contributed by atoms with E-state index in [1.165, 1.54) is 12.8 Å². The van der Waals surface area contributed by atoms with Crippen molar-refractivity contribution in [1.82, 2.24) is 0 Å². The maximum atomic E-state index is 12.3. The van der Waals surface area contributed by atoms with Crippen LogP contribution in [0.5, 0.6) is 0 Å². The Morgan fingerprint density at radius 1 is 1.17 bits per heavy atom. The molecule has 2 aliphatic rings. The summed E-state index contributed by atoms with van der Waals surface area (Å²) < 4.78 is 5.64. The van der Waals surface area contributed by atoms with E-state index >= 15 is 0 Å². The van der Waals surface area contributed by atoms with E-state index in [1.807, 2.05) is 24.3 Å². The lowest BCUT2D eigenvalue weighted by Gasteiger charge is -2.26. The van der Waals surface area contributed by atoms with Gasteiger partial charge in [-0.05, 0) is 43.7 Å². The topological polar surface area (TPSA) is 38.3 Å². The predicted molar refractivity (Wildman–Crippen MR) is 70.6 cm³/mol. The van der Waals surface area contributed by atoms with Crippen molar-refractivity contribution in [3.63, 3.8) is 0 Å². The smallest absolute Gasteiger partial charge is 0.313 e. The summed E-state index contributed by atoms with van der Waals surface area (Å²) in [5, 5.41) is 3.33. The first-order valence-electron chi connectivity index (χ1n) is 6.88. The Kier molecular flexibility index (Phi) is 3.22. The highest BCUT2D eigenvalue weighted by Gasteiger charge is 2.30. The van der Waals surface area contributed by atoms with Crippen molar-refractivity contribution in [3.8, 4) is 0 Å². The molecule has 0 saturated heterocycles.